The Hall–Kier alpha value is -7.44. The van der Waals surface area contributed by atoms with E-state index < -0.39 is 25.2 Å². The number of nitrogens with one attached hydrogen (secondary N) is 1. The van der Waals surface area contributed by atoms with E-state index in [4.69, 9.17) is 9.47 Å². The highest BCUT2D eigenvalue weighted by Gasteiger charge is 2.24. The summed E-state index contributed by atoms with van der Waals surface area (Å²) >= 11 is 0. The number of aromatic amines is 1. The lowest BCUT2D eigenvalue weighted by molar-refractivity contribution is -0.0523. The summed E-state index contributed by atoms with van der Waals surface area (Å²) in [5, 5.41) is 18.5. The second-order valence-electron chi connectivity index (χ2n) is 14.0. The molecule has 0 radical (unpaired) electrons. The van der Waals surface area contributed by atoms with Crippen molar-refractivity contribution in [2.24, 2.45) is 5.92 Å². The molecule has 62 heavy (non-hydrogen) atoms. The average molecular weight is 860 g/mol. The molecule has 3 N–H and O–H groups in total. The summed E-state index contributed by atoms with van der Waals surface area (Å²) < 4.78 is 71.9. The molecule has 0 atom stereocenters. The molecule has 0 bridgehead atoms. The molecule has 19 heteroatoms. The van der Waals surface area contributed by atoms with E-state index in [1.165, 1.54) is 55.4 Å². The van der Waals surface area contributed by atoms with Gasteiger partial charge in [-0.2, -0.15) is 17.6 Å². The van der Waals surface area contributed by atoms with Gasteiger partial charge in [-0.15, -0.1) is 0 Å². The quantitative estimate of drug-likeness (QED) is 0.0655. The normalized spacial score (nSPS) is 12.1. The first-order chi connectivity index (χ1) is 29.8. The van der Waals surface area contributed by atoms with Crippen molar-refractivity contribution < 1.29 is 56.3 Å². The van der Waals surface area contributed by atoms with Crippen molar-refractivity contribution in [2.75, 3.05) is 16.4 Å². The van der Waals surface area contributed by atoms with Crippen LogP contribution in [0.15, 0.2) is 110 Å². The van der Waals surface area contributed by atoms with E-state index in [1.807, 2.05) is 4.90 Å². The summed E-state index contributed by atoms with van der Waals surface area (Å²) in [6.07, 6.45) is 12.5. The van der Waals surface area contributed by atoms with Gasteiger partial charge in [0, 0.05) is 59.5 Å². The van der Waals surface area contributed by atoms with Gasteiger partial charge < -0.3 is 43.9 Å². The molecule has 1 fully saturated rings. The highest BCUT2D eigenvalue weighted by atomic mass is 19.3. The maximum absolute atomic E-state index is 12.9. The van der Waals surface area contributed by atoms with Crippen LogP contribution in [-0.4, -0.2) is 73.0 Å². The zero-order valence-corrected chi connectivity index (χ0v) is 33.3. The average Bonchev–Trinajstić information content (AvgIpc) is 3.94. The van der Waals surface area contributed by atoms with Gasteiger partial charge in [0.2, 0.25) is 0 Å². The SMILES string of the molecule is CC(C)Oc1cc(N(Cc2cnc[nH]2)c2cncc(C(=O)O)c2)ccc1OC(F)F.O=C(O)c1ccc(N(Cc2cncnc2)c2ccc(OC(F)F)c(OCC3CC3)c2)cc1. The predicted octanol–water partition coefficient (Wildman–Crippen LogP) is 9.13. The molecule has 1 saturated carbocycles. The molecule has 3 aromatic carbocycles. The number of aromatic nitrogens is 5. The summed E-state index contributed by atoms with van der Waals surface area (Å²) in [7, 11) is 0. The van der Waals surface area contributed by atoms with E-state index in [-0.39, 0.29) is 40.2 Å². The number of ether oxygens (including phenoxy) is 4. The van der Waals surface area contributed by atoms with Gasteiger partial charge in [-0.25, -0.2) is 24.5 Å². The van der Waals surface area contributed by atoms with Crippen molar-refractivity contribution in [3.8, 4) is 23.0 Å². The molecule has 6 aromatic rings. The van der Waals surface area contributed by atoms with Crippen LogP contribution in [0.5, 0.6) is 23.0 Å². The number of pyridine rings is 1. The number of nitrogens with zero attached hydrogens (tertiary/aromatic N) is 6. The molecule has 3 heterocycles. The van der Waals surface area contributed by atoms with Crippen LogP contribution in [0, 0.1) is 5.92 Å². The molecule has 0 spiro atoms. The van der Waals surface area contributed by atoms with Crippen LogP contribution < -0.4 is 28.7 Å². The fourth-order valence-corrected chi connectivity index (χ4v) is 5.94. The third-order valence-electron chi connectivity index (χ3n) is 8.99. The first kappa shape index (κ1) is 44.1. The lowest BCUT2D eigenvalue weighted by Gasteiger charge is -2.26. The van der Waals surface area contributed by atoms with Crippen molar-refractivity contribution in [3.63, 3.8) is 0 Å². The number of alkyl halides is 4. The molecule has 0 aliphatic heterocycles. The number of aromatic carboxylic acids is 2. The number of halogens is 4. The number of H-pyrrole nitrogens is 1. The molecule has 1 aliphatic rings. The Morgan fingerprint density at radius 1 is 0.661 bits per heavy atom. The van der Waals surface area contributed by atoms with Crippen LogP contribution in [0.4, 0.5) is 40.3 Å². The minimum atomic E-state index is -3.00. The number of carbonyl (C=O) groups is 2. The first-order valence-electron chi connectivity index (χ1n) is 19.1. The van der Waals surface area contributed by atoms with Crippen molar-refractivity contribution in [3.05, 3.63) is 133 Å². The number of imidazole rings is 1. The Bertz CT molecular complexity index is 2390. The molecule has 7 rings (SSSR count). The summed E-state index contributed by atoms with van der Waals surface area (Å²) in [6.45, 7) is -1.34. The Labute approximate surface area is 352 Å². The molecule has 3 aromatic heterocycles. The first-order valence-corrected chi connectivity index (χ1v) is 19.1. The number of rotatable bonds is 19. The van der Waals surface area contributed by atoms with Gasteiger partial charge in [-0.1, -0.05) is 0 Å². The second-order valence-corrected chi connectivity index (χ2v) is 14.0. The van der Waals surface area contributed by atoms with Crippen LogP contribution in [0.3, 0.4) is 0 Å². The van der Waals surface area contributed by atoms with Crippen molar-refractivity contribution >= 4 is 34.7 Å². The van der Waals surface area contributed by atoms with Crippen molar-refractivity contribution in [2.45, 2.75) is 59.1 Å². The summed E-state index contributed by atoms with van der Waals surface area (Å²) in [5.74, 6) is -1.47. The molecule has 1 aliphatic carbocycles. The largest absolute Gasteiger partial charge is 0.489 e. The van der Waals surface area contributed by atoms with Gasteiger partial charge in [-0.05, 0) is 87.2 Å². The Morgan fingerprint density at radius 3 is 1.82 bits per heavy atom. The molecular weight excluding hydrogens is 819 g/mol. The molecular formula is C43H41F4N7O8. The standard InChI is InChI=1S/C23H21F2N3O4.C20H20F2N4O4/c24-23(25)32-20-8-7-19(9-21(20)31-13-15-1-2-15)28(12-16-10-26-14-27-11-16)18-5-3-17(4-6-18)22(29)30;1-12(2)29-18-6-15(3-4-17(18)30-20(21)22)26(10-14-8-24-11-25-14)16-5-13(19(27)28)7-23-9-16/h3-11,14-15,23H,1-2,12-13H2,(H,29,30);3-9,11-12,20H,10H2,1-2H3,(H,24,25)(H,27,28). The topological polar surface area (TPSA) is 185 Å². The number of carboxylic acids is 2. The fourth-order valence-electron chi connectivity index (χ4n) is 5.94. The minimum absolute atomic E-state index is 0.0124. The maximum atomic E-state index is 12.9. The van der Waals surface area contributed by atoms with E-state index in [1.54, 1.807) is 73.7 Å². The predicted molar refractivity (Wildman–Crippen MR) is 217 cm³/mol. The van der Waals surface area contributed by atoms with E-state index in [9.17, 15) is 37.4 Å². The third kappa shape index (κ3) is 12.5. The van der Waals surface area contributed by atoms with Crippen LogP contribution in [0.1, 0.15) is 58.7 Å². The second kappa shape index (κ2) is 20.7. The number of hydrogen-bond acceptors (Lipinski definition) is 12. The Balaban J connectivity index is 0.000000207. The van der Waals surface area contributed by atoms with Gasteiger partial charge in [0.05, 0.1) is 60.8 Å². The van der Waals surface area contributed by atoms with Gasteiger partial charge in [-0.3, -0.25) is 4.98 Å². The minimum Gasteiger partial charge on any atom is -0.489 e. The number of carboxylic acid groups (broad SMARTS) is 2. The van der Waals surface area contributed by atoms with Gasteiger partial charge >= 0.3 is 25.2 Å². The number of anilines is 4. The van der Waals surface area contributed by atoms with E-state index >= 15 is 0 Å². The zero-order valence-electron chi connectivity index (χ0n) is 33.3. The fraction of sp³-hybridized carbons (Fsp3) is 0.256. The van der Waals surface area contributed by atoms with Crippen molar-refractivity contribution in [1.82, 2.24) is 24.9 Å². The van der Waals surface area contributed by atoms with Crippen LogP contribution in [0.2, 0.25) is 0 Å². The maximum Gasteiger partial charge on any atom is 0.387 e. The summed E-state index contributed by atoms with van der Waals surface area (Å²) in [6, 6.07) is 17.1. The van der Waals surface area contributed by atoms with Crippen LogP contribution in [-0.2, 0) is 13.1 Å². The van der Waals surface area contributed by atoms with Crippen molar-refractivity contribution in [1.29, 1.82) is 0 Å². The van der Waals surface area contributed by atoms with E-state index in [2.05, 4.69) is 34.4 Å². The van der Waals surface area contributed by atoms with Gasteiger partial charge in [0.25, 0.3) is 0 Å². The zero-order chi connectivity index (χ0) is 44.2. The highest BCUT2D eigenvalue weighted by Crippen LogP contribution is 2.39. The molecule has 0 unspecified atom stereocenters. The number of benzene rings is 3. The summed E-state index contributed by atoms with van der Waals surface area (Å²) in [4.78, 5) is 45.3. The lowest BCUT2D eigenvalue weighted by atomic mass is 10.1. The Kier molecular flexibility index (Phi) is 14.7. The lowest BCUT2D eigenvalue weighted by Crippen LogP contribution is -2.18. The number of hydrogen-bond donors (Lipinski definition) is 3. The van der Waals surface area contributed by atoms with Crippen LogP contribution in [0.25, 0.3) is 0 Å². The Morgan fingerprint density at radius 2 is 1.26 bits per heavy atom. The highest BCUT2D eigenvalue weighted by molar-refractivity contribution is 5.89. The molecule has 324 valence electrons. The summed E-state index contributed by atoms with van der Waals surface area (Å²) in [5.41, 5.74) is 4.13. The van der Waals surface area contributed by atoms with Gasteiger partial charge in [0.1, 0.15) is 6.33 Å². The monoisotopic (exact) mass is 859 g/mol. The molecule has 0 saturated heterocycles. The molecule has 0 amide bonds. The van der Waals surface area contributed by atoms with Crippen LogP contribution >= 0.6 is 0 Å². The smallest absolute Gasteiger partial charge is 0.387 e. The van der Waals surface area contributed by atoms with E-state index in [0.29, 0.717) is 48.4 Å². The van der Waals surface area contributed by atoms with E-state index in [0.717, 1.165) is 24.1 Å². The molecule has 15 nitrogen and oxygen atoms in total. The van der Waals surface area contributed by atoms with Gasteiger partial charge in [0.15, 0.2) is 23.0 Å². The third-order valence-corrected chi connectivity index (χ3v) is 8.99.